The van der Waals surface area contributed by atoms with E-state index in [0.29, 0.717) is 29.1 Å². The van der Waals surface area contributed by atoms with Gasteiger partial charge in [-0.1, -0.05) is 39.4 Å². The Morgan fingerprint density at radius 3 is 2.63 bits per heavy atom. The Morgan fingerprint density at radius 2 is 1.90 bits per heavy atom. The van der Waals surface area contributed by atoms with Gasteiger partial charge in [0.25, 0.3) is 17.5 Å². The zero-order valence-electron chi connectivity index (χ0n) is 15.7. The zero-order chi connectivity index (χ0) is 21.7. The number of aryl methyl sites for hydroxylation is 1. The summed E-state index contributed by atoms with van der Waals surface area (Å²) in [6.45, 7) is 1.96. The van der Waals surface area contributed by atoms with Crippen LogP contribution in [0.3, 0.4) is 0 Å². The van der Waals surface area contributed by atoms with E-state index in [9.17, 15) is 19.7 Å². The maximum absolute atomic E-state index is 12.3. The third kappa shape index (κ3) is 5.45. The van der Waals surface area contributed by atoms with Crippen molar-refractivity contribution in [1.82, 2.24) is 15.5 Å². The number of hydrogen-bond acceptors (Lipinski definition) is 7. The Bertz CT molecular complexity index is 1120. The quantitative estimate of drug-likeness (QED) is 0.384. The van der Waals surface area contributed by atoms with Crippen LogP contribution in [-0.4, -0.2) is 33.5 Å². The summed E-state index contributed by atoms with van der Waals surface area (Å²) in [6.07, 6.45) is 0.448. The number of nitrogens with one attached hydrogen (secondary N) is 2. The summed E-state index contributed by atoms with van der Waals surface area (Å²) in [5, 5.41) is 25.2. The van der Waals surface area contributed by atoms with E-state index in [1.807, 2.05) is 6.07 Å². The number of amides is 2. The van der Waals surface area contributed by atoms with Gasteiger partial charge >= 0.3 is 0 Å². The van der Waals surface area contributed by atoms with Crippen molar-refractivity contribution in [3.63, 3.8) is 0 Å². The Balaban J connectivity index is 1.55. The lowest BCUT2D eigenvalue weighted by molar-refractivity contribution is -0.385. The molecule has 1 aromatic heterocycles. The molecule has 2 aromatic carbocycles. The number of anilines is 1. The fourth-order valence-corrected chi connectivity index (χ4v) is 3.67. The minimum absolute atomic E-state index is 0.123. The summed E-state index contributed by atoms with van der Waals surface area (Å²) >= 11 is 4.50. The first-order valence-corrected chi connectivity index (χ1v) is 10.4. The first-order valence-electron chi connectivity index (χ1n) is 8.76. The molecule has 3 aromatic rings. The van der Waals surface area contributed by atoms with Crippen LogP contribution in [-0.2, 0) is 6.42 Å². The number of carbonyl (C=O) groups excluding carboxylic acids is 2. The van der Waals surface area contributed by atoms with E-state index in [-0.39, 0.29) is 22.3 Å². The number of nitrogens with zero attached hydrogens (tertiary/aromatic N) is 3. The molecule has 0 unspecified atom stereocenters. The van der Waals surface area contributed by atoms with Crippen LogP contribution >= 0.6 is 27.3 Å². The van der Waals surface area contributed by atoms with Gasteiger partial charge in [0.05, 0.1) is 4.92 Å². The van der Waals surface area contributed by atoms with Crippen molar-refractivity contribution in [1.29, 1.82) is 0 Å². The van der Waals surface area contributed by atoms with Crippen LogP contribution in [0.2, 0.25) is 0 Å². The van der Waals surface area contributed by atoms with Gasteiger partial charge in [0.15, 0.2) is 0 Å². The molecule has 0 atom stereocenters. The Kier molecular flexibility index (Phi) is 6.85. The molecule has 0 bridgehead atoms. The lowest BCUT2D eigenvalue weighted by Gasteiger charge is -2.04. The molecule has 0 saturated carbocycles. The lowest BCUT2D eigenvalue weighted by Crippen LogP contribution is -2.25. The third-order valence-electron chi connectivity index (χ3n) is 4.07. The van der Waals surface area contributed by atoms with Gasteiger partial charge in [0.2, 0.25) is 5.13 Å². The van der Waals surface area contributed by atoms with E-state index < -0.39 is 10.8 Å². The van der Waals surface area contributed by atoms with Crippen LogP contribution < -0.4 is 10.6 Å². The predicted molar refractivity (Wildman–Crippen MR) is 116 cm³/mol. The molecule has 0 aliphatic rings. The molecule has 0 radical (unpaired) electrons. The fraction of sp³-hybridized carbons (Fsp3) is 0.158. The van der Waals surface area contributed by atoms with E-state index in [0.717, 1.165) is 4.47 Å². The SMILES string of the molecule is Cc1ccc(C(=O)Nc2nnc(CCNC(=O)c3cccc(Br)c3)s2)cc1[N+](=O)[O-]. The molecular weight excluding hydrogens is 474 g/mol. The highest BCUT2D eigenvalue weighted by Crippen LogP contribution is 2.21. The van der Waals surface area contributed by atoms with Crippen molar-refractivity contribution in [2.45, 2.75) is 13.3 Å². The highest BCUT2D eigenvalue weighted by Gasteiger charge is 2.16. The molecule has 30 heavy (non-hydrogen) atoms. The van der Waals surface area contributed by atoms with Crippen molar-refractivity contribution in [2.75, 3.05) is 11.9 Å². The highest BCUT2D eigenvalue weighted by atomic mass is 79.9. The standard InChI is InChI=1S/C19H16BrN5O4S/c1-11-5-6-13(10-15(11)25(28)29)18(27)22-19-24-23-16(30-19)7-8-21-17(26)12-3-2-4-14(20)9-12/h2-6,9-10H,7-8H2,1H3,(H,21,26)(H,22,24,27). The number of carbonyl (C=O) groups is 2. The van der Waals surface area contributed by atoms with Crippen molar-refractivity contribution >= 4 is 49.9 Å². The molecule has 0 spiro atoms. The fourth-order valence-electron chi connectivity index (χ4n) is 2.54. The maximum atomic E-state index is 12.3. The van der Waals surface area contributed by atoms with Gasteiger partial charge in [-0.05, 0) is 31.2 Å². The zero-order valence-corrected chi connectivity index (χ0v) is 18.1. The van der Waals surface area contributed by atoms with Crippen LogP contribution in [0.4, 0.5) is 10.8 Å². The lowest BCUT2D eigenvalue weighted by atomic mass is 10.1. The predicted octanol–water partition coefficient (Wildman–Crippen LogP) is 3.74. The summed E-state index contributed by atoms with van der Waals surface area (Å²) in [5.41, 5.74) is 1.05. The van der Waals surface area contributed by atoms with Gasteiger partial charge in [-0.3, -0.25) is 25.0 Å². The van der Waals surface area contributed by atoms with Gasteiger partial charge in [0, 0.05) is 40.2 Å². The number of nitro groups is 1. The molecule has 1 heterocycles. The second-order valence-corrected chi connectivity index (χ2v) is 8.21. The average Bonchev–Trinajstić information content (AvgIpc) is 3.15. The van der Waals surface area contributed by atoms with E-state index in [1.54, 1.807) is 25.1 Å². The van der Waals surface area contributed by atoms with E-state index in [4.69, 9.17) is 0 Å². The normalized spacial score (nSPS) is 10.5. The minimum atomic E-state index is -0.530. The number of aromatic nitrogens is 2. The Labute approximate surface area is 183 Å². The Morgan fingerprint density at radius 1 is 1.13 bits per heavy atom. The van der Waals surface area contributed by atoms with Crippen LogP contribution in [0.5, 0.6) is 0 Å². The van der Waals surface area contributed by atoms with E-state index in [1.165, 1.54) is 29.5 Å². The molecule has 11 heteroatoms. The summed E-state index contributed by atoms with van der Waals surface area (Å²) in [5.74, 6) is -0.709. The highest BCUT2D eigenvalue weighted by molar-refractivity contribution is 9.10. The average molecular weight is 490 g/mol. The molecule has 0 fully saturated rings. The molecule has 3 rings (SSSR count). The second-order valence-electron chi connectivity index (χ2n) is 6.23. The summed E-state index contributed by atoms with van der Waals surface area (Å²) in [6, 6.07) is 11.3. The second kappa shape index (κ2) is 9.55. The molecule has 0 aliphatic heterocycles. The van der Waals surface area contributed by atoms with Crippen molar-refractivity contribution in [3.05, 3.63) is 78.7 Å². The van der Waals surface area contributed by atoms with Gasteiger partial charge in [-0.15, -0.1) is 10.2 Å². The van der Waals surface area contributed by atoms with Crippen LogP contribution in [0.25, 0.3) is 0 Å². The Hall–Kier alpha value is -3.18. The number of benzene rings is 2. The number of nitro benzene ring substituents is 1. The van der Waals surface area contributed by atoms with Crippen molar-refractivity contribution in [3.8, 4) is 0 Å². The molecule has 154 valence electrons. The summed E-state index contributed by atoms with van der Waals surface area (Å²) in [7, 11) is 0. The minimum Gasteiger partial charge on any atom is -0.352 e. The molecule has 9 nitrogen and oxygen atoms in total. The molecule has 0 aliphatic carbocycles. The number of halogens is 1. The van der Waals surface area contributed by atoms with Gasteiger partial charge in [-0.25, -0.2) is 0 Å². The first kappa shape index (κ1) is 21.5. The van der Waals surface area contributed by atoms with E-state index >= 15 is 0 Å². The monoisotopic (exact) mass is 489 g/mol. The molecule has 2 amide bonds. The molecular formula is C19H16BrN5O4S. The topological polar surface area (TPSA) is 127 Å². The number of rotatable bonds is 7. The molecule has 0 saturated heterocycles. The van der Waals surface area contributed by atoms with E-state index in [2.05, 4.69) is 36.8 Å². The van der Waals surface area contributed by atoms with Gasteiger partial charge < -0.3 is 5.32 Å². The number of hydrogen-bond donors (Lipinski definition) is 2. The first-order chi connectivity index (χ1) is 14.3. The third-order valence-corrected chi connectivity index (χ3v) is 5.46. The van der Waals surface area contributed by atoms with Gasteiger partial charge in [0.1, 0.15) is 5.01 Å². The largest absolute Gasteiger partial charge is 0.352 e. The smallest absolute Gasteiger partial charge is 0.273 e. The maximum Gasteiger partial charge on any atom is 0.273 e. The van der Waals surface area contributed by atoms with Crippen molar-refractivity contribution in [2.24, 2.45) is 0 Å². The van der Waals surface area contributed by atoms with Gasteiger partial charge in [-0.2, -0.15) is 0 Å². The van der Waals surface area contributed by atoms with Crippen LogP contribution in [0, 0.1) is 17.0 Å². The van der Waals surface area contributed by atoms with Crippen LogP contribution in [0.1, 0.15) is 31.3 Å². The summed E-state index contributed by atoms with van der Waals surface area (Å²) < 4.78 is 0.818. The summed E-state index contributed by atoms with van der Waals surface area (Å²) in [4.78, 5) is 35.0. The van der Waals surface area contributed by atoms with Crippen molar-refractivity contribution < 1.29 is 14.5 Å². The molecule has 2 N–H and O–H groups in total. The van der Waals surface area contributed by atoms with Crippen LogP contribution in [0.15, 0.2) is 46.9 Å².